The Kier molecular flexibility index (Phi) is 4.81. The summed E-state index contributed by atoms with van der Waals surface area (Å²) in [5.74, 6) is 0.504. The summed E-state index contributed by atoms with van der Waals surface area (Å²) < 4.78 is 3.97. The van der Waals surface area contributed by atoms with Gasteiger partial charge in [-0.2, -0.15) is 11.3 Å². The quantitative estimate of drug-likeness (QED) is 0.546. The van der Waals surface area contributed by atoms with E-state index < -0.39 is 0 Å². The third-order valence-electron chi connectivity index (χ3n) is 6.07. The molecule has 0 radical (unpaired) electrons. The van der Waals surface area contributed by atoms with Crippen molar-refractivity contribution in [3.8, 4) is 16.8 Å². The van der Waals surface area contributed by atoms with Gasteiger partial charge in [0.05, 0.1) is 16.7 Å². The number of imidazole rings is 1. The van der Waals surface area contributed by atoms with Gasteiger partial charge in [0, 0.05) is 23.7 Å². The topological polar surface area (TPSA) is 51.9 Å². The summed E-state index contributed by atoms with van der Waals surface area (Å²) in [5, 5.41) is 7.62. The first-order valence-electron chi connectivity index (χ1n) is 10.1. The van der Waals surface area contributed by atoms with E-state index in [1.807, 2.05) is 23.2 Å². The van der Waals surface area contributed by atoms with E-state index in [2.05, 4.69) is 56.8 Å². The Morgan fingerprint density at radius 3 is 2.86 bits per heavy atom. The predicted octanol–water partition coefficient (Wildman–Crippen LogP) is 4.48. The number of hydrogen-bond acceptors (Lipinski definition) is 4. The molecule has 4 heterocycles. The minimum Gasteiger partial charge on any atom is -0.316 e. The molecule has 29 heavy (non-hydrogen) atoms. The van der Waals surface area contributed by atoms with Crippen LogP contribution < -0.4 is 10.9 Å². The predicted molar refractivity (Wildman–Crippen MR) is 119 cm³/mol. The maximum absolute atomic E-state index is 12.8. The molecule has 6 heteroatoms. The maximum Gasteiger partial charge on any atom is 0.251 e. The number of rotatable bonds is 4. The van der Waals surface area contributed by atoms with Gasteiger partial charge >= 0.3 is 0 Å². The van der Waals surface area contributed by atoms with Crippen molar-refractivity contribution in [3.63, 3.8) is 0 Å². The number of hydrogen-bond donors (Lipinski definition) is 1. The first kappa shape index (κ1) is 18.3. The Balaban J connectivity index is 1.45. The summed E-state index contributed by atoms with van der Waals surface area (Å²) in [6.07, 6.45) is 6.16. The van der Waals surface area contributed by atoms with Crippen LogP contribution in [-0.2, 0) is 0 Å². The van der Waals surface area contributed by atoms with E-state index >= 15 is 0 Å². The summed E-state index contributed by atoms with van der Waals surface area (Å²) in [5.41, 5.74) is 5.14. The van der Waals surface area contributed by atoms with Gasteiger partial charge < -0.3 is 9.88 Å². The number of nitrogens with one attached hydrogen (secondary N) is 1. The van der Waals surface area contributed by atoms with Gasteiger partial charge in [0.15, 0.2) is 0 Å². The molecule has 0 aliphatic carbocycles. The highest BCUT2D eigenvalue weighted by molar-refractivity contribution is 7.08. The van der Waals surface area contributed by atoms with E-state index in [4.69, 9.17) is 0 Å². The molecule has 2 atom stereocenters. The average molecular weight is 405 g/mol. The van der Waals surface area contributed by atoms with Crippen molar-refractivity contribution in [1.29, 1.82) is 0 Å². The highest BCUT2D eigenvalue weighted by atomic mass is 32.1. The highest BCUT2D eigenvalue weighted by Crippen LogP contribution is 2.27. The lowest BCUT2D eigenvalue weighted by atomic mass is 9.92. The van der Waals surface area contributed by atoms with Crippen LogP contribution in [0.5, 0.6) is 0 Å². The van der Waals surface area contributed by atoms with Crippen molar-refractivity contribution < 1.29 is 0 Å². The summed E-state index contributed by atoms with van der Waals surface area (Å²) in [6, 6.07) is 12.3. The van der Waals surface area contributed by atoms with Crippen molar-refractivity contribution in [2.75, 3.05) is 13.1 Å². The number of piperidine rings is 1. The van der Waals surface area contributed by atoms with E-state index in [1.54, 1.807) is 17.4 Å². The number of benzene rings is 1. The molecule has 2 unspecified atom stereocenters. The molecule has 1 N–H and O–H groups in total. The van der Waals surface area contributed by atoms with Crippen molar-refractivity contribution in [2.24, 2.45) is 5.92 Å². The van der Waals surface area contributed by atoms with Crippen LogP contribution in [0.15, 0.2) is 64.5 Å². The second-order valence-electron chi connectivity index (χ2n) is 7.81. The number of thiophene rings is 1. The SMILES string of the molecule is CC(C1CCCNC1)n1ccc(-c2ccc3c(c2)ncn3-c2ccsc2)cc1=O. The second-order valence-corrected chi connectivity index (χ2v) is 8.59. The van der Waals surface area contributed by atoms with Crippen LogP contribution in [0.4, 0.5) is 0 Å². The standard InChI is InChI=1S/C23H24N4OS/c1-16(19-3-2-8-24-13-19)26-9-6-18(12-23(26)28)17-4-5-22-21(11-17)25-15-27(22)20-7-10-29-14-20/h4-7,9-12,14-16,19,24H,2-3,8,13H2,1H3. The molecule has 1 aliphatic rings. The Hall–Kier alpha value is -2.70. The zero-order valence-electron chi connectivity index (χ0n) is 16.4. The Bertz CT molecular complexity index is 1190. The summed E-state index contributed by atoms with van der Waals surface area (Å²) in [7, 11) is 0. The molecule has 1 aromatic carbocycles. The van der Waals surface area contributed by atoms with E-state index in [0.717, 1.165) is 40.9 Å². The lowest BCUT2D eigenvalue weighted by molar-refractivity contribution is 0.276. The fourth-order valence-electron chi connectivity index (χ4n) is 4.32. The van der Waals surface area contributed by atoms with E-state index in [9.17, 15) is 4.79 Å². The van der Waals surface area contributed by atoms with Gasteiger partial charge in [-0.25, -0.2) is 4.98 Å². The van der Waals surface area contributed by atoms with Gasteiger partial charge in [0.2, 0.25) is 0 Å². The van der Waals surface area contributed by atoms with Crippen LogP contribution in [0.25, 0.3) is 27.8 Å². The normalized spacial score (nSPS) is 18.2. The molecule has 1 fully saturated rings. The molecule has 1 aliphatic heterocycles. The van der Waals surface area contributed by atoms with Crippen LogP contribution in [0.2, 0.25) is 0 Å². The van der Waals surface area contributed by atoms with E-state index in [1.165, 1.54) is 12.8 Å². The summed E-state index contributed by atoms with van der Waals surface area (Å²) in [6.45, 7) is 4.22. The fourth-order valence-corrected chi connectivity index (χ4v) is 4.94. The fraction of sp³-hybridized carbons (Fsp3) is 0.304. The monoisotopic (exact) mass is 404 g/mol. The minimum atomic E-state index is 0.0597. The first-order chi connectivity index (χ1) is 14.2. The smallest absolute Gasteiger partial charge is 0.251 e. The van der Waals surface area contributed by atoms with Gasteiger partial charge in [-0.3, -0.25) is 9.36 Å². The third kappa shape index (κ3) is 3.43. The molecule has 0 bridgehead atoms. The summed E-state index contributed by atoms with van der Waals surface area (Å²) in [4.78, 5) is 17.4. The Labute approximate surface area is 173 Å². The average Bonchev–Trinajstić information content (AvgIpc) is 3.43. The van der Waals surface area contributed by atoms with Gasteiger partial charge in [0.1, 0.15) is 6.33 Å². The van der Waals surface area contributed by atoms with Gasteiger partial charge in [-0.05, 0) is 79.5 Å². The van der Waals surface area contributed by atoms with Gasteiger partial charge in [-0.1, -0.05) is 6.07 Å². The molecule has 0 amide bonds. The van der Waals surface area contributed by atoms with Crippen LogP contribution in [0.3, 0.4) is 0 Å². The van der Waals surface area contributed by atoms with Crippen LogP contribution >= 0.6 is 11.3 Å². The molecule has 148 valence electrons. The molecule has 5 nitrogen and oxygen atoms in total. The lowest BCUT2D eigenvalue weighted by Crippen LogP contribution is -2.37. The number of aromatic nitrogens is 3. The lowest BCUT2D eigenvalue weighted by Gasteiger charge is -2.29. The van der Waals surface area contributed by atoms with Crippen molar-refractivity contribution in [1.82, 2.24) is 19.4 Å². The molecular formula is C23H24N4OS. The molecule has 0 spiro atoms. The summed E-state index contributed by atoms with van der Waals surface area (Å²) >= 11 is 1.67. The minimum absolute atomic E-state index is 0.0597. The van der Waals surface area contributed by atoms with Crippen LogP contribution in [0.1, 0.15) is 25.8 Å². The first-order valence-corrected chi connectivity index (χ1v) is 11.1. The molecule has 5 rings (SSSR count). The van der Waals surface area contributed by atoms with E-state index in [0.29, 0.717) is 5.92 Å². The third-order valence-corrected chi connectivity index (χ3v) is 6.74. The molecule has 4 aromatic rings. The number of pyridine rings is 1. The molecule has 3 aromatic heterocycles. The van der Waals surface area contributed by atoms with Crippen LogP contribution in [0, 0.1) is 5.92 Å². The Morgan fingerprint density at radius 2 is 2.10 bits per heavy atom. The van der Waals surface area contributed by atoms with Crippen molar-refractivity contribution in [3.05, 3.63) is 70.0 Å². The number of nitrogens with zero attached hydrogens (tertiary/aromatic N) is 3. The van der Waals surface area contributed by atoms with Gasteiger partial charge in [0.25, 0.3) is 5.56 Å². The van der Waals surface area contributed by atoms with Crippen LogP contribution in [-0.4, -0.2) is 27.2 Å². The van der Waals surface area contributed by atoms with E-state index in [-0.39, 0.29) is 11.6 Å². The van der Waals surface area contributed by atoms with Gasteiger partial charge in [-0.15, -0.1) is 0 Å². The maximum atomic E-state index is 12.8. The number of fused-ring (bicyclic) bond motifs is 1. The zero-order chi connectivity index (χ0) is 19.8. The van der Waals surface area contributed by atoms with Crippen molar-refractivity contribution >= 4 is 22.4 Å². The molecule has 1 saturated heterocycles. The molecule has 0 saturated carbocycles. The highest BCUT2D eigenvalue weighted by Gasteiger charge is 2.21. The largest absolute Gasteiger partial charge is 0.316 e. The molecular weight excluding hydrogens is 380 g/mol. The zero-order valence-corrected chi connectivity index (χ0v) is 17.2. The second kappa shape index (κ2) is 7.61. The van der Waals surface area contributed by atoms with Crippen molar-refractivity contribution in [2.45, 2.75) is 25.8 Å². The Morgan fingerprint density at radius 1 is 1.21 bits per heavy atom.